The minimum Gasteiger partial charge on any atom is -0.461 e. The summed E-state index contributed by atoms with van der Waals surface area (Å²) in [5.74, 6) is -0.0798. The highest BCUT2D eigenvalue weighted by atomic mass is 32.1. The molecule has 3 aromatic rings. The highest BCUT2D eigenvalue weighted by Crippen LogP contribution is 2.44. The van der Waals surface area contributed by atoms with E-state index in [0.29, 0.717) is 42.3 Å². The number of ether oxygens (including phenoxy) is 1. The molecule has 1 atom stereocenters. The number of nitrogens with one attached hydrogen (secondary N) is 3. The van der Waals surface area contributed by atoms with Gasteiger partial charge < -0.3 is 25.3 Å². The SMILES string of the molecule is CCOC(=O)c1ncn([C@H]2CCc3sc(NC(=O)C4CC4)c(C(=O)NCC4CC4)c3C2)c1Nc1c([N+](=O)[O-])c(C)nn1C. The Bertz CT molecular complexity index is 1610. The first-order valence-electron chi connectivity index (χ1n) is 14.6. The van der Waals surface area contributed by atoms with Crippen molar-refractivity contribution in [1.82, 2.24) is 24.6 Å². The summed E-state index contributed by atoms with van der Waals surface area (Å²) in [5, 5.41) is 25.8. The molecule has 2 fully saturated rings. The molecule has 0 bridgehead atoms. The summed E-state index contributed by atoms with van der Waals surface area (Å²) in [6.07, 6.45) is 7.18. The minimum atomic E-state index is -0.664. The quantitative estimate of drug-likeness (QED) is 0.164. The van der Waals surface area contributed by atoms with Gasteiger partial charge in [-0.05, 0) is 70.3 Å². The van der Waals surface area contributed by atoms with Crippen molar-refractivity contribution in [2.75, 3.05) is 23.8 Å². The fourth-order valence-electron chi connectivity index (χ4n) is 5.57. The van der Waals surface area contributed by atoms with Crippen molar-refractivity contribution in [2.45, 2.75) is 64.8 Å². The first-order valence-corrected chi connectivity index (χ1v) is 15.4. The number of fused-ring (bicyclic) bond motifs is 1. The number of thiophene rings is 1. The lowest BCUT2D eigenvalue weighted by Crippen LogP contribution is -2.28. The predicted octanol–water partition coefficient (Wildman–Crippen LogP) is 4.03. The van der Waals surface area contributed by atoms with Gasteiger partial charge in [0.2, 0.25) is 11.7 Å². The fourth-order valence-corrected chi connectivity index (χ4v) is 6.81. The number of amides is 2. The Balaban J connectivity index is 1.36. The van der Waals surface area contributed by atoms with Crippen molar-refractivity contribution in [3.63, 3.8) is 0 Å². The van der Waals surface area contributed by atoms with Crippen LogP contribution < -0.4 is 16.0 Å². The second-order valence-corrected chi connectivity index (χ2v) is 12.5. The molecule has 0 aliphatic heterocycles. The zero-order chi connectivity index (χ0) is 30.4. The lowest BCUT2D eigenvalue weighted by atomic mass is 9.91. The molecule has 0 aromatic carbocycles. The summed E-state index contributed by atoms with van der Waals surface area (Å²) in [7, 11) is 1.58. The van der Waals surface area contributed by atoms with E-state index in [1.807, 2.05) is 0 Å². The molecule has 15 heteroatoms. The molecule has 0 spiro atoms. The number of aromatic nitrogens is 4. The van der Waals surface area contributed by atoms with Crippen LogP contribution in [0.15, 0.2) is 6.33 Å². The van der Waals surface area contributed by atoms with E-state index >= 15 is 0 Å². The number of hydrogen-bond donors (Lipinski definition) is 3. The highest BCUT2D eigenvalue weighted by Gasteiger charge is 2.36. The van der Waals surface area contributed by atoms with E-state index in [2.05, 4.69) is 26.0 Å². The first-order chi connectivity index (χ1) is 20.7. The van der Waals surface area contributed by atoms with Crippen LogP contribution >= 0.6 is 11.3 Å². The van der Waals surface area contributed by atoms with Crippen LogP contribution in [-0.2, 0) is 29.4 Å². The van der Waals surface area contributed by atoms with Crippen molar-refractivity contribution >= 4 is 51.4 Å². The first kappa shape index (κ1) is 28.8. The Kier molecular flexibility index (Phi) is 7.66. The number of carbonyl (C=O) groups excluding carboxylic acids is 3. The second kappa shape index (κ2) is 11.4. The van der Waals surface area contributed by atoms with E-state index in [1.54, 1.807) is 25.5 Å². The van der Waals surface area contributed by atoms with E-state index < -0.39 is 10.9 Å². The normalized spacial score (nSPS) is 17.7. The number of imidazole rings is 1. The van der Waals surface area contributed by atoms with E-state index in [1.165, 1.54) is 22.3 Å². The van der Waals surface area contributed by atoms with Crippen molar-refractivity contribution in [1.29, 1.82) is 0 Å². The van der Waals surface area contributed by atoms with Crippen molar-refractivity contribution < 1.29 is 24.0 Å². The van der Waals surface area contributed by atoms with Gasteiger partial charge in [-0.25, -0.2) is 14.5 Å². The lowest BCUT2D eigenvalue weighted by Gasteiger charge is -2.26. The molecule has 14 nitrogen and oxygen atoms in total. The van der Waals surface area contributed by atoms with Crippen LogP contribution in [0.25, 0.3) is 0 Å². The van der Waals surface area contributed by atoms with Crippen LogP contribution in [0.4, 0.5) is 22.3 Å². The largest absolute Gasteiger partial charge is 0.461 e. The maximum Gasteiger partial charge on any atom is 0.360 e. The predicted molar refractivity (Wildman–Crippen MR) is 158 cm³/mol. The zero-order valence-electron chi connectivity index (χ0n) is 24.3. The van der Waals surface area contributed by atoms with Gasteiger partial charge in [0, 0.05) is 30.4 Å². The molecule has 2 amide bonds. The fraction of sp³-hybridized carbons (Fsp3) is 0.536. The van der Waals surface area contributed by atoms with E-state index in [9.17, 15) is 24.5 Å². The number of anilines is 3. The summed E-state index contributed by atoms with van der Waals surface area (Å²) in [4.78, 5) is 55.9. The molecule has 0 unspecified atom stereocenters. The van der Waals surface area contributed by atoms with E-state index in [-0.39, 0.29) is 59.1 Å². The summed E-state index contributed by atoms with van der Waals surface area (Å²) in [6, 6.07) is -0.240. The smallest absolute Gasteiger partial charge is 0.360 e. The average molecular weight is 611 g/mol. The maximum absolute atomic E-state index is 13.5. The summed E-state index contributed by atoms with van der Waals surface area (Å²) < 4.78 is 8.38. The molecule has 3 aliphatic carbocycles. The third kappa shape index (κ3) is 5.72. The Hall–Kier alpha value is -4.27. The van der Waals surface area contributed by atoms with Crippen molar-refractivity contribution in [2.24, 2.45) is 18.9 Å². The number of carbonyl (C=O) groups is 3. The van der Waals surface area contributed by atoms with Gasteiger partial charge >= 0.3 is 11.7 Å². The molecule has 3 N–H and O–H groups in total. The number of esters is 1. The van der Waals surface area contributed by atoms with E-state index in [4.69, 9.17) is 4.74 Å². The number of hydrogen-bond acceptors (Lipinski definition) is 10. The Labute approximate surface area is 251 Å². The third-order valence-corrected chi connectivity index (χ3v) is 9.37. The van der Waals surface area contributed by atoms with Crippen molar-refractivity contribution in [3.05, 3.63) is 43.8 Å². The number of nitro groups is 1. The van der Waals surface area contributed by atoms with Gasteiger partial charge in [-0.1, -0.05) is 0 Å². The molecular formula is C28H34N8O6S. The van der Waals surface area contributed by atoms with Crippen LogP contribution in [0.3, 0.4) is 0 Å². The van der Waals surface area contributed by atoms with Gasteiger partial charge in [-0.3, -0.25) is 19.7 Å². The van der Waals surface area contributed by atoms with Crippen LogP contribution in [-0.4, -0.2) is 55.2 Å². The van der Waals surface area contributed by atoms with Gasteiger partial charge in [0.1, 0.15) is 16.5 Å². The molecule has 3 aliphatic rings. The third-order valence-electron chi connectivity index (χ3n) is 8.16. The van der Waals surface area contributed by atoms with Gasteiger partial charge in [-0.15, -0.1) is 11.3 Å². The van der Waals surface area contributed by atoms with Crippen LogP contribution in [0, 0.1) is 28.9 Å². The van der Waals surface area contributed by atoms with Gasteiger partial charge in [0.15, 0.2) is 5.69 Å². The summed E-state index contributed by atoms with van der Waals surface area (Å²) in [6.45, 7) is 3.96. The minimum absolute atomic E-state index is 0.00479. The van der Waals surface area contributed by atoms with Crippen LogP contribution in [0.5, 0.6) is 0 Å². The standard InChI is InChI=1S/C28H34N8O6S/c1-4-42-28(39)21-23(31-24-22(36(40)41)14(2)33-34(24)3)35(13-30-21)17-9-10-19-18(11-17)20(26(38)29-12-15-5-6-15)27(43-19)32-25(37)16-7-8-16/h13,15-17,31H,4-12H2,1-3H3,(H,29,38)(H,32,37)/t17-/m0/s1. The lowest BCUT2D eigenvalue weighted by molar-refractivity contribution is -0.384. The summed E-state index contributed by atoms with van der Waals surface area (Å²) >= 11 is 1.45. The average Bonchev–Trinajstić information content (AvgIpc) is 3.88. The van der Waals surface area contributed by atoms with Gasteiger partial charge in [0.25, 0.3) is 5.91 Å². The monoisotopic (exact) mass is 610 g/mol. The Morgan fingerprint density at radius 1 is 1.19 bits per heavy atom. The highest BCUT2D eigenvalue weighted by molar-refractivity contribution is 7.17. The molecule has 228 valence electrons. The topological polar surface area (TPSA) is 175 Å². The molecule has 3 aromatic heterocycles. The molecule has 43 heavy (non-hydrogen) atoms. The van der Waals surface area contributed by atoms with Crippen LogP contribution in [0.1, 0.15) is 82.1 Å². The molecule has 0 radical (unpaired) electrons. The summed E-state index contributed by atoms with van der Waals surface area (Å²) in [5.41, 5.74) is 1.37. The van der Waals surface area contributed by atoms with Crippen molar-refractivity contribution in [3.8, 4) is 0 Å². The molecule has 0 saturated heterocycles. The molecule has 2 saturated carbocycles. The molecule has 3 heterocycles. The molecular weight excluding hydrogens is 576 g/mol. The number of aryl methyl sites for hydroxylation is 3. The Morgan fingerprint density at radius 3 is 2.63 bits per heavy atom. The zero-order valence-corrected chi connectivity index (χ0v) is 25.1. The number of nitrogens with zero attached hydrogens (tertiary/aromatic N) is 5. The van der Waals surface area contributed by atoms with Crippen LogP contribution in [0.2, 0.25) is 0 Å². The Morgan fingerprint density at radius 2 is 1.95 bits per heavy atom. The number of rotatable bonds is 11. The van der Waals surface area contributed by atoms with E-state index in [0.717, 1.165) is 36.1 Å². The van der Waals surface area contributed by atoms with Gasteiger partial charge in [0.05, 0.1) is 23.4 Å². The maximum atomic E-state index is 13.5. The van der Waals surface area contributed by atoms with Gasteiger partial charge in [-0.2, -0.15) is 5.10 Å². The second-order valence-electron chi connectivity index (χ2n) is 11.4. The molecule has 6 rings (SSSR count).